The highest BCUT2D eigenvalue weighted by Crippen LogP contribution is 2.16. The van der Waals surface area contributed by atoms with E-state index in [1.165, 1.54) is 5.69 Å². The Hall–Kier alpha value is -2.19. The lowest BCUT2D eigenvalue weighted by Crippen LogP contribution is -2.44. The second-order valence-corrected chi connectivity index (χ2v) is 5.69. The molecule has 1 aromatic carbocycles. The van der Waals surface area contributed by atoms with Crippen LogP contribution in [0.2, 0.25) is 0 Å². The zero-order chi connectivity index (χ0) is 16.5. The number of piperazine rings is 1. The standard InChI is InChI=1S/C17H21ClN4O/c18-7-4-8-20-17(23)15(13-19)14-21-9-11-22(12-10-21)16-5-2-1-3-6-16/h1-3,5-6,14H,4,7-12H2,(H,20,23)/b15-14-. The average molecular weight is 333 g/mol. The Bertz CT molecular complexity index is 574. The molecule has 6 heteroatoms. The number of halogens is 1. The van der Waals surface area contributed by atoms with E-state index in [9.17, 15) is 10.1 Å². The van der Waals surface area contributed by atoms with Crippen molar-refractivity contribution in [1.29, 1.82) is 5.26 Å². The first-order valence-corrected chi connectivity index (χ1v) is 8.28. The molecule has 1 aliphatic heterocycles. The molecule has 1 heterocycles. The topological polar surface area (TPSA) is 59.4 Å². The van der Waals surface area contributed by atoms with E-state index in [-0.39, 0.29) is 11.5 Å². The molecule has 0 aromatic heterocycles. The molecule has 2 rings (SSSR count). The van der Waals surface area contributed by atoms with E-state index in [0.29, 0.717) is 18.8 Å². The monoisotopic (exact) mass is 332 g/mol. The lowest BCUT2D eigenvalue weighted by Gasteiger charge is -2.35. The first kappa shape index (κ1) is 17.2. The number of nitrogens with one attached hydrogen (secondary N) is 1. The second-order valence-electron chi connectivity index (χ2n) is 5.31. The number of nitriles is 1. The molecule has 1 aliphatic rings. The number of benzene rings is 1. The van der Waals surface area contributed by atoms with E-state index in [0.717, 1.165) is 26.2 Å². The summed E-state index contributed by atoms with van der Waals surface area (Å²) in [6.07, 6.45) is 2.36. The molecule has 0 saturated carbocycles. The van der Waals surface area contributed by atoms with Crippen molar-refractivity contribution in [3.63, 3.8) is 0 Å². The van der Waals surface area contributed by atoms with Crippen LogP contribution in [0.25, 0.3) is 0 Å². The fraction of sp³-hybridized carbons (Fsp3) is 0.412. The van der Waals surface area contributed by atoms with Crippen LogP contribution in [0.15, 0.2) is 42.1 Å². The van der Waals surface area contributed by atoms with Gasteiger partial charge in [0, 0.05) is 50.5 Å². The molecule has 1 fully saturated rings. The van der Waals surface area contributed by atoms with E-state index < -0.39 is 0 Å². The highest BCUT2D eigenvalue weighted by atomic mass is 35.5. The molecule has 0 radical (unpaired) electrons. The van der Waals surface area contributed by atoms with E-state index in [1.54, 1.807) is 6.20 Å². The minimum absolute atomic E-state index is 0.146. The maximum atomic E-state index is 11.9. The molecular weight excluding hydrogens is 312 g/mol. The van der Waals surface area contributed by atoms with Gasteiger partial charge in [0.2, 0.25) is 0 Å². The summed E-state index contributed by atoms with van der Waals surface area (Å²) in [6.45, 7) is 3.80. The quantitative estimate of drug-likeness (QED) is 0.374. The third kappa shape index (κ3) is 5.19. The van der Waals surface area contributed by atoms with E-state index in [1.807, 2.05) is 29.2 Å². The van der Waals surface area contributed by atoms with Crippen molar-refractivity contribution < 1.29 is 4.79 Å². The Labute approximate surface area is 142 Å². The predicted octanol–water partition coefficient (Wildman–Crippen LogP) is 1.96. The number of para-hydroxylation sites is 1. The Morgan fingerprint density at radius 1 is 1.26 bits per heavy atom. The Kier molecular flexibility index (Phi) is 6.76. The third-order valence-electron chi connectivity index (χ3n) is 3.71. The van der Waals surface area contributed by atoms with Crippen molar-refractivity contribution >= 4 is 23.2 Å². The number of carbonyl (C=O) groups is 1. The molecule has 0 unspecified atom stereocenters. The van der Waals surface area contributed by atoms with Gasteiger partial charge in [-0.25, -0.2) is 0 Å². The minimum Gasteiger partial charge on any atom is -0.373 e. The number of alkyl halides is 1. The van der Waals surface area contributed by atoms with Gasteiger partial charge in [-0.05, 0) is 18.6 Å². The molecule has 23 heavy (non-hydrogen) atoms. The summed E-state index contributed by atoms with van der Waals surface area (Å²) < 4.78 is 0. The summed E-state index contributed by atoms with van der Waals surface area (Å²) >= 11 is 5.57. The van der Waals surface area contributed by atoms with Gasteiger partial charge < -0.3 is 15.1 Å². The molecule has 0 aliphatic carbocycles. The van der Waals surface area contributed by atoms with Gasteiger partial charge in [0.1, 0.15) is 11.6 Å². The first-order chi connectivity index (χ1) is 11.2. The van der Waals surface area contributed by atoms with E-state index in [4.69, 9.17) is 11.6 Å². The molecule has 0 bridgehead atoms. The smallest absolute Gasteiger partial charge is 0.263 e. The van der Waals surface area contributed by atoms with Gasteiger partial charge in [0.15, 0.2) is 0 Å². The summed E-state index contributed by atoms with van der Waals surface area (Å²) in [5, 5.41) is 11.9. The maximum Gasteiger partial charge on any atom is 0.263 e. The van der Waals surface area contributed by atoms with Crippen LogP contribution in [0.1, 0.15) is 6.42 Å². The van der Waals surface area contributed by atoms with Crippen molar-refractivity contribution in [3.8, 4) is 6.07 Å². The van der Waals surface area contributed by atoms with Crippen molar-refractivity contribution in [2.45, 2.75) is 6.42 Å². The highest BCUT2D eigenvalue weighted by Gasteiger charge is 2.17. The number of rotatable bonds is 6. The molecule has 1 amide bonds. The fourth-order valence-electron chi connectivity index (χ4n) is 2.43. The van der Waals surface area contributed by atoms with Gasteiger partial charge in [-0.1, -0.05) is 18.2 Å². The van der Waals surface area contributed by atoms with Crippen LogP contribution in [0.5, 0.6) is 0 Å². The normalized spacial score (nSPS) is 15.2. The van der Waals surface area contributed by atoms with Crippen molar-refractivity contribution in [3.05, 3.63) is 42.1 Å². The molecule has 0 spiro atoms. The Morgan fingerprint density at radius 3 is 2.57 bits per heavy atom. The molecule has 1 aromatic rings. The molecule has 1 saturated heterocycles. The minimum atomic E-state index is -0.330. The molecule has 122 valence electrons. The lowest BCUT2D eigenvalue weighted by molar-refractivity contribution is -0.117. The number of nitrogens with zero attached hydrogens (tertiary/aromatic N) is 3. The van der Waals surface area contributed by atoms with Gasteiger partial charge >= 0.3 is 0 Å². The second kappa shape index (κ2) is 9.06. The highest BCUT2D eigenvalue weighted by molar-refractivity contribution is 6.17. The Balaban J connectivity index is 1.88. The van der Waals surface area contributed by atoms with Crippen LogP contribution in [-0.4, -0.2) is 49.4 Å². The van der Waals surface area contributed by atoms with Gasteiger partial charge in [-0.15, -0.1) is 11.6 Å². The number of carbonyl (C=O) groups excluding carboxylic acids is 1. The largest absolute Gasteiger partial charge is 0.373 e. The first-order valence-electron chi connectivity index (χ1n) is 7.74. The van der Waals surface area contributed by atoms with Crippen LogP contribution in [0.3, 0.4) is 0 Å². The lowest BCUT2D eigenvalue weighted by atomic mass is 10.2. The van der Waals surface area contributed by atoms with Crippen molar-refractivity contribution in [2.24, 2.45) is 0 Å². The van der Waals surface area contributed by atoms with Gasteiger partial charge in [0.05, 0.1) is 0 Å². The van der Waals surface area contributed by atoms with Gasteiger partial charge in [-0.3, -0.25) is 4.79 Å². The predicted molar refractivity (Wildman–Crippen MR) is 92.3 cm³/mol. The molecular formula is C17H21ClN4O. The summed E-state index contributed by atoms with van der Waals surface area (Å²) in [5.41, 5.74) is 1.35. The summed E-state index contributed by atoms with van der Waals surface area (Å²) in [4.78, 5) is 16.3. The van der Waals surface area contributed by atoms with Crippen LogP contribution in [-0.2, 0) is 4.79 Å². The number of anilines is 1. The van der Waals surface area contributed by atoms with Crippen LogP contribution in [0.4, 0.5) is 5.69 Å². The van der Waals surface area contributed by atoms with Gasteiger partial charge in [-0.2, -0.15) is 5.26 Å². The summed E-state index contributed by atoms with van der Waals surface area (Å²) in [6, 6.07) is 12.2. The molecule has 0 atom stereocenters. The molecule has 1 N–H and O–H groups in total. The number of amides is 1. The van der Waals surface area contributed by atoms with E-state index >= 15 is 0 Å². The summed E-state index contributed by atoms with van der Waals surface area (Å²) in [5.74, 6) is 0.163. The third-order valence-corrected chi connectivity index (χ3v) is 3.98. The number of hydrogen-bond donors (Lipinski definition) is 1. The maximum absolute atomic E-state index is 11.9. The van der Waals surface area contributed by atoms with Crippen molar-refractivity contribution in [1.82, 2.24) is 10.2 Å². The van der Waals surface area contributed by atoms with Crippen LogP contribution in [0, 0.1) is 11.3 Å². The SMILES string of the molecule is N#C/C(=C/N1CCN(c2ccccc2)CC1)C(=O)NCCCCl. The number of hydrogen-bond acceptors (Lipinski definition) is 4. The van der Waals surface area contributed by atoms with Crippen molar-refractivity contribution in [2.75, 3.05) is 43.5 Å². The van der Waals surface area contributed by atoms with Crippen LogP contribution < -0.4 is 10.2 Å². The zero-order valence-corrected chi connectivity index (χ0v) is 13.8. The Morgan fingerprint density at radius 2 is 1.96 bits per heavy atom. The van der Waals surface area contributed by atoms with E-state index in [2.05, 4.69) is 22.3 Å². The molecule has 5 nitrogen and oxygen atoms in total. The van der Waals surface area contributed by atoms with Gasteiger partial charge in [0.25, 0.3) is 5.91 Å². The average Bonchev–Trinajstić information content (AvgIpc) is 2.61. The fourth-order valence-corrected chi connectivity index (χ4v) is 2.57. The zero-order valence-electron chi connectivity index (χ0n) is 13.0. The summed E-state index contributed by atoms with van der Waals surface area (Å²) in [7, 11) is 0. The van der Waals surface area contributed by atoms with Crippen LogP contribution >= 0.6 is 11.6 Å².